The number of hydrogen-bond donors (Lipinski definition) is 2. The largest absolute Gasteiger partial charge is 0.369 e. The van der Waals surface area contributed by atoms with Crippen LogP contribution in [0.25, 0.3) is 0 Å². The average Bonchev–Trinajstić information content (AvgIpc) is 2.48. The number of carbonyl (C=O) groups is 1. The van der Waals surface area contributed by atoms with Crippen molar-refractivity contribution in [2.75, 3.05) is 44.2 Å². The summed E-state index contributed by atoms with van der Waals surface area (Å²) in [4.78, 5) is 19.9. The number of unbranched alkanes of at least 4 members (excludes halogenated alkanes) is 1. The number of carbonyl (C=O) groups excluding carboxylic acids is 1. The summed E-state index contributed by atoms with van der Waals surface area (Å²) in [5.74, 6) is -0.479. The van der Waals surface area contributed by atoms with E-state index in [9.17, 15) is 4.79 Å². The molecule has 0 radical (unpaired) electrons. The first-order valence-corrected chi connectivity index (χ1v) is 7.14. The highest BCUT2D eigenvalue weighted by Crippen LogP contribution is 2.16. The van der Waals surface area contributed by atoms with E-state index < -0.39 is 5.91 Å². The summed E-state index contributed by atoms with van der Waals surface area (Å²) in [6.07, 6.45) is 3.90. The molecule has 4 N–H and O–H groups in total. The van der Waals surface area contributed by atoms with Gasteiger partial charge in [-0.3, -0.25) is 14.7 Å². The molecular weight excluding hydrogens is 254 g/mol. The van der Waals surface area contributed by atoms with E-state index >= 15 is 0 Å². The van der Waals surface area contributed by atoms with Crippen LogP contribution in [0.1, 0.15) is 23.3 Å². The molecule has 2 heterocycles. The number of primary amides is 1. The standard InChI is InChI=1S/C14H23N5O/c15-4-1-2-6-18-7-9-19(10-8-18)12-3-5-17-13(11-12)14(16)20/h3,5,11H,1-2,4,6-10,15H2,(H2,16,20). The second kappa shape index (κ2) is 7.21. The van der Waals surface area contributed by atoms with Gasteiger partial charge in [-0.1, -0.05) is 0 Å². The summed E-state index contributed by atoms with van der Waals surface area (Å²) in [5.41, 5.74) is 12.1. The number of rotatable bonds is 6. The lowest BCUT2D eigenvalue weighted by Gasteiger charge is -2.36. The molecular formula is C14H23N5O. The van der Waals surface area contributed by atoms with Crippen molar-refractivity contribution in [3.05, 3.63) is 24.0 Å². The van der Waals surface area contributed by atoms with Gasteiger partial charge in [0.15, 0.2) is 0 Å². The Morgan fingerprint density at radius 3 is 2.65 bits per heavy atom. The number of anilines is 1. The van der Waals surface area contributed by atoms with Crippen LogP contribution in [0.15, 0.2) is 18.3 Å². The second-order valence-corrected chi connectivity index (χ2v) is 5.09. The lowest BCUT2D eigenvalue weighted by molar-refractivity contribution is 0.0995. The van der Waals surface area contributed by atoms with E-state index in [4.69, 9.17) is 11.5 Å². The summed E-state index contributed by atoms with van der Waals surface area (Å²) in [7, 11) is 0. The van der Waals surface area contributed by atoms with E-state index in [2.05, 4.69) is 14.8 Å². The van der Waals surface area contributed by atoms with Gasteiger partial charge in [-0.15, -0.1) is 0 Å². The lowest BCUT2D eigenvalue weighted by Crippen LogP contribution is -2.46. The predicted molar refractivity (Wildman–Crippen MR) is 79.7 cm³/mol. The summed E-state index contributed by atoms with van der Waals surface area (Å²) in [5, 5.41) is 0. The summed E-state index contributed by atoms with van der Waals surface area (Å²) in [6, 6.07) is 3.70. The Morgan fingerprint density at radius 2 is 2.00 bits per heavy atom. The van der Waals surface area contributed by atoms with Gasteiger partial charge in [0.1, 0.15) is 5.69 Å². The minimum Gasteiger partial charge on any atom is -0.369 e. The number of aromatic nitrogens is 1. The SMILES string of the molecule is NCCCCN1CCN(c2ccnc(C(N)=O)c2)CC1. The number of hydrogen-bond acceptors (Lipinski definition) is 5. The Labute approximate surface area is 119 Å². The van der Waals surface area contributed by atoms with Crippen molar-refractivity contribution in [2.24, 2.45) is 11.5 Å². The van der Waals surface area contributed by atoms with Crippen LogP contribution in [0, 0.1) is 0 Å². The molecule has 0 saturated carbocycles. The molecule has 0 unspecified atom stereocenters. The van der Waals surface area contributed by atoms with Gasteiger partial charge in [-0.25, -0.2) is 0 Å². The molecule has 6 heteroatoms. The second-order valence-electron chi connectivity index (χ2n) is 5.09. The van der Waals surface area contributed by atoms with Crippen LogP contribution in [0.5, 0.6) is 0 Å². The van der Waals surface area contributed by atoms with Crippen molar-refractivity contribution in [3.8, 4) is 0 Å². The van der Waals surface area contributed by atoms with Gasteiger partial charge < -0.3 is 16.4 Å². The molecule has 1 aliphatic rings. The van der Waals surface area contributed by atoms with Crippen molar-refractivity contribution in [3.63, 3.8) is 0 Å². The predicted octanol–water partition coefficient (Wildman–Crippen LogP) is 0.0414. The molecule has 0 bridgehead atoms. The molecule has 0 spiro atoms. The van der Waals surface area contributed by atoms with Crippen LogP contribution < -0.4 is 16.4 Å². The molecule has 2 rings (SSSR count). The highest BCUT2D eigenvalue weighted by molar-refractivity contribution is 5.91. The normalized spacial score (nSPS) is 16.4. The van der Waals surface area contributed by atoms with Crippen molar-refractivity contribution >= 4 is 11.6 Å². The Kier molecular flexibility index (Phi) is 5.31. The first-order chi connectivity index (χ1) is 9.70. The molecule has 1 amide bonds. The fourth-order valence-electron chi connectivity index (χ4n) is 2.46. The van der Waals surface area contributed by atoms with Gasteiger partial charge in [0, 0.05) is 38.1 Å². The average molecular weight is 277 g/mol. The van der Waals surface area contributed by atoms with E-state index in [0.29, 0.717) is 5.69 Å². The minimum atomic E-state index is -0.479. The van der Waals surface area contributed by atoms with E-state index in [1.165, 1.54) is 0 Å². The molecule has 110 valence electrons. The highest BCUT2D eigenvalue weighted by atomic mass is 16.1. The zero-order valence-electron chi connectivity index (χ0n) is 11.8. The third kappa shape index (κ3) is 3.91. The third-order valence-electron chi connectivity index (χ3n) is 3.66. The first-order valence-electron chi connectivity index (χ1n) is 7.14. The number of pyridine rings is 1. The van der Waals surface area contributed by atoms with E-state index in [1.54, 1.807) is 12.3 Å². The number of nitrogens with two attached hydrogens (primary N) is 2. The molecule has 0 atom stereocenters. The fourth-order valence-corrected chi connectivity index (χ4v) is 2.46. The Bertz CT molecular complexity index is 443. The minimum absolute atomic E-state index is 0.327. The van der Waals surface area contributed by atoms with Crippen LogP contribution in [0.2, 0.25) is 0 Å². The first kappa shape index (κ1) is 14.7. The highest BCUT2D eigenvalue weighted by Gasteiger charge is 2.17. The third-order valence-corrected chi connectivity index (χ3v) is 3.66. The van der Waals surface area contributed by atoms with Crippen molar-refractivity contribution in [1.29, 1.82) is 0 Å². The Morgan fingerprint density at radius 1 is 1.25 bits per heavy atom. The van der Waals surface area contributed by atoms with Crippen molar-refractivity contribution in [2.45, 2.75) is 12.8 Å². The zero-order valence-corrected chi connectivity index (χ0v) is 11.8. The van der Waals surface area contributed by atoms with Crippen molar-refractivity contribution < 1.29 is 4.79 Å². The number of amides is 1. The van der Waals surface area contributed by atoms with Crippen LogP contribution >= 0.6 is 0 Å². The summed E-state index contributed by atoms with van der Waals surface area (Å²) < 4.78 is 0. The van der Waals surface area contributed by atoms with Crippen LogP contribution in [0.3, 0.4) is 0 Å². The van der Waals surface area contributed by atoms with E-state index in [0.717, 1.165) is 57.8 Å². The van der Waals surface area contributed by atoms with Gasteiger partial charge in [-0.05, 0) is 38.1 Å². The van der Waals surface area contributed by atoms with Gasteiger partial charge in [0.25, 0.3) is 5.91 Å². The van der Waals surface area contributed by atoms with E-state index in [-0.39, 0.29) is 0 Å². The maximum absolute atomic E-state index is 11.2. The van der Waals surface area contributed by atoms with Gasteiger partial charge in [-0.2, -0.15) is 0 Å². The molecule has 1 fully saturated rings. The summed E-state index contributed by atoms with van der Waals surface area (Å²) >= 11 is 0. The molecule has 1 aliphatic heterocycles. The fraction of sp³-hybridized carbons (Fsp3) is 0.571. The quantitative estimate of drug-likeness (QED) is 0.717. The topological polar surface area (TPSA) is 88.5 Å². The Balaban J connectivity index is 1.87. The molecule has 6 nitrogen and oxygen atoms in total. The number of piperazine rings is 1. The smallest absolute Gasteiger partial charge is 0.267 e. The number of nitrogens with zero attached hydrogens (tertiary/aromatic N) is 3. The summed E-state index contributed by atoms with van der Waals surface area (Å²) in [6.45, 7) is 5.90. The van der Waals surface area contributed by atoms with Gasteiger partial charge in [0.2, 0.25) is 0 Å². The molecule has 1 aromatic heterocycles. The monoisotopic (exact) mass is 277 g/mol. The maximum atomic E-state index is 11.2. The lowest BCUT2D eigenvalue weighted by atomic mass is 10.2. The van der Waals surface area contributed by atoms with Gasteiger partial charge >= 0.3 is 0 Å². The van der Waals surface area contributed by atoms with Crippen LogP contribution in [0.4, 0.5) is 5.69 Å². The molecule has 20 heavy (non-hydrogen) atoms. The van der Waals surface area contributed by atoms with Gasteiger partial charge in [0.05, 0.1) is 0 Å². The zero-order chi connectivity index (χ0) is 14.4. The van der Waals surface area contributed by atoms with Crippen molar-refractivity contribution in [1.82, 2.24) is 9.88 Å². The molecule has 0 aromatic carbocycles. The van der Waals surface area contributed by atoms with Crippen LogP contribution in [-0.4, -0.2) is 55.1 Å². The van der Waals surface area contributed by atoms with Crippen LogP contribution in [-0.2, 0) is 0 Å². The van der Waals surface area contributed by atoms with E-state index in [1.807, 2.05) is 6.07 Å². The molecule has 1 aromatic rings. The molecule has 0 aliphatic carbocycles. The molecule has 1 saturated heterocycles. The maximum Gasteiger partial charge on any atom is 0.267 e. The Hall–Kier alpha value is -1.66.